The summed E-state index contributed by atoms with van der Waals surface area (Å²) in [7, 11) is 0. The molecule has 1 fully saturated rings. The molecule has 0 spiro atoms. The maximum Gasteiger partial charge on any atom is 0.306 e. The quantitative estimate of drug-likeness (QED) is 0.0385. The Bertz CT molecular complexity index is 1200. The van der Waals surface area contributed by atoms with Gasteiger partial charge in [0.15, 0.2) is 5.82 Å². The smallest absolute Gasteiger partial charge is 0.306 e. The summed E-state index contributed by atoms with van der Waals surface area (Å²) in [6, 6.07) is -2.36. The van der Waals surface area contributed by atoms with Gasteiger partial charge in [0.25, 0.3) is 0 Å². The summed E-state index contributed by atoms with van der Waals surface area (Å²) in [4.78, 5) is 38.2. The van der Waals surface area contributed by atoms with E-state index in [-0.39, 0.29) is 42.3 Å². The zero-order valence-electron chi connectivity index (χ0n) is 34.0. The molecule has 2 rings (SSSR count). The van der Waals surface area contributed by atoms with Crippen LogP contribution < -0.4 is 11.1 Å². The maximum atomic E-state index is 12.9. The van der Waals surface area contributed by atoms with Crippen molar-refractivity contribution in [2.24, 2.45) is 5.73 Å². The number of hydrogen-bond donors (Lipinski definition) is 7. The lowest BCUT2D eigenvalue weighted by atomic mass is 9.83. The normalized spacial score (nSPS) is 22.1. The number of amides is 1. The molecule has 1 aromatic rings. The fraction of sp³-hybridized carbons (Fsp3) is 0.875. The van der Waals surface area contributed by atoms with E-state index in [0.717, 1.165) is 49.6 Å². The lowest BCUT2D eigenvalue weighted by Crippen LogP contribution is -2.61. The van der Waals surface area contributed by atoms with Crippen molar-refractivity contribution in [1.29, 1.82) is 0 Å². The number of aromatic nitrogens is 3. The largest absolute Gasteiger partial charge is 0.462 e. The van der Waals surface area contributed by atoms with E-state index >= 15 is 0 Å². The van der Waals surface area contributed by atoms with Crippen LogP contribution in [0.15, 0.2) is 6.20 Å². The highest BCUT2D eigenvalue weighted by atomic mass is 32.2. The van der Waals surface area contributed by atoms with Crippen LogP contribution in [0, 0.1) is 0 Å². The molecule has 1 amide bonds. The second kappa shape index (κ2) is 29.8. The number of thioether (sulfide) groups is 1. The van der Waals surface area contributed by atoms with Crippen molar-refractivity contribution in [3.05, 3.63) is 6.20 Å². The Morgan fingerprint density at radius 1 is 0.696 bits per heavy atom. The Hall–Kier alpha value is -2.34. The van der Waals surface area contributed by atoms with Crippen molar-refractivity contribution in [3.63, 3.8) is 0 Å². The van der Waals surface area contributed by atoms with Crippen LogP contribution in [0.4, 0.5) is 5.82 Å². The third-order valence-electron chi connectivity index (χ3n) is 10.3. The van der Waals surface area contributed by atoms with Crippen LogP contribution in [0.5, 0.6) is 0 Å². The summed E-state index contributed by atoms with van der Waals surface area (Å²) in [5.41, 5.74) is 6.14. The standard InChI is InChI=1S/C40H73N5O10S/c1-3-5-7-9-11-13-15-17-19-21-23-32(46)54-26-29(55-33(47)24-22-20-18-16-14-12-10-8-6-4-2)27-56-28-30(41)40(53)42-31-25-45(44-43-31)34-35(48)37(50)39(52)38(51)36(34)49/h25,29-30,34-39,48-52H,3-24,26-28,41H2,1-2H3,(H,42,53)/t29-,30-,34?,35+,36+,37-,38+,39+/m1/s1. The van der Waals surface area contributed by atoms with Crippen molar-refractivity contribution < 1.29 is 49.4 Å². The maximum absolute atomic E-state index is 12.9. The molecule has 324 valence electrons. The molecule has 1 heterocycles. The van der Waals surface area contributed by atoms with E-state index in [0.29, 0.717) is 6.42 Å². The first-order valence-electron chi connectivity index (χ1n) is 21.3. The number of carbonyl (C=O) groups excluding carboxylic acids is 3. The molecule has 56 heavy (non-hydrogen) atoms. The minimum absolute atomic E-state index is 0.0574. The molecule has 0 aromatic carbocycles. The Morgan fingerprint density at radius 2 is 1.14 bits per heavy atom. The van der Waals surface area contributed by atoms with Crippen LogP contribution in [0.3, 0.4) is 0 Å². The van der Waals surface area contributed by atoms with Gasteiger partial charge >= 0.3 is 11.9 Å². The number of nitrogens with one attached hydrogen (secondary N) is 1. The molecule has 0 saturated heterocycles. The summed E-state index contributed by atoms with van der Waals surface area (Å²) in [6.45, 7) is 4.35. The number of rotatable bonds is 32. The average molecular weight is 816 g/mol. The molecular formula is C40H73N5O10S. The molecular weight excluding hydrogens is 743 g/mol. The fourth-order valence-corrected chi connectivity index (χ4v) is 7.73. The van der Waals surface area contributed by atoms with E-state index in [1.165, 1.54) is 101 Å². The van der Waals surface area contributed by atoms with Gasteiger partial charge in [-0.25, -0.2) is 4.68 Å². The number of hydrogen-bond acceptors (Lipinski definition) is 14. The van der Waals surface area contributed by atoms with Gasteiger partial charge in [-0.2, -0.15) is 11.8 Å². The average Bonchev–Trinajstić information content (AvgIpc) is 3.64. The van der Waals surface area contributed by atoms with E-state index in [1.54, 1.807) is 0 Å². The van der Waals surface area contributed by atoms with Gasteiger partial charge in [0, 0.05) is 24.3 Å². The summed E-state index contributed by atoms with van der Waals surface area (Å²) < 4.78 is 12.2. The van der Waals surface area contributed by atoms with Gasteiger partial charge < -0.3 is 46.1 Å². The minimum Gasteiger partial charge on any atom is -0.462 e. The second-order valence-electron chi connectivity index (χ2n) is 15.3. The first-order valence-corrected chi connectivity index (χ1v) is 22.5. The van der Waals surface area contributed by atoms with Crippen molar-refractivity contribution in [2.75, 3.05) is 23.4 Å². The topological polar surface area (TPSA) is 240 Å². The predicted octanol–water partition coefficient (Wildman–Crippen LogP) is 4.71. The Balaban J connectivity index is 1.80. The molecule has 1 saturated carbocycles. The molecule has 8 atom stereocenters. The van der Waals surface area contributed by atoms with Gasteiger partial charge in [-0.05, 0) is 12.8 Å². The first-order chi connectivity index (χ1) is 27.0. The van der Waals surface area contributed by atoms with E-state index in [1.807, 2.05) is 0 Å². The highest BCUT2D eigenvalue weighted by molar-refractivity contribution is 7.99. The predicted molar refractivity (Wildman–Crippen MR) is 217 cm³/mol. The van der Waals surface area contributed by atoms with Crippen LogP contribution in [0.25, 0.3) is 0 Å². The number of esters is 2. The van der Waals surface area contributed by atoms with Gasteiger partial charge in [-0.3, -0.25) is 14.4 Å². The Labute approximate surface area is 338 Å². The van der Waals surface area contributed by atoms with Crippen LogP contribution in [0.2, 0.25) is 0 Å². The van der Waals surface area contributed by atoms with Crippen LogP contribution in [-0.4, -0.2) is 119 Å². The number of carbonyl (C=O) groups is 3. The molecule has 1 aliphatic rings. The first kappa shape index (κ1) is 49.8. The van der Waals surface area contributed by atoms with Gasteiger partial charge in [-0.1, -0.05) is 135 Å². The number of nitrogens with two attached hydrogens (primary N) is 1. The molecule has 16 heteroatoms. The van der Waals surface area contributed by atoms with Crippen LogP contribution in [0.1, 0.15) is 161 Å². The van der Waals surface area contributed by atoms with Gasteiger partial charge in [0.1, 0.15) is 49.3 Å². The van der Waals surface area contributed by atoms with Gasteiger partial charge in [-0.15, -0.1) is 5.10 Å². The van der Waals surface area contributed by atoms with Gasteiger partial charge in [0.2, 0.25) is 5.91 Å². The summed E-state index contributed by atoms with van der Waals surface area (Å²) in [5.74, 6) is -0.965. The molecule has 15 nitrogen and oxygen atoms in total. The molecule has 1 unspecified atom stereocenters. The van der Waals surface area contributed by atoms with Crippen molar-refractivity contribution >= 4 is 35.4 Å². The van der Waals surface area contributed by atoms with Gasteiger partial charge in [0.05, 0.1) is 12.2 Å². The Morgan fingerprint density at radius 3 is 1.64 bits per heavy atom. The minimum atomic E-state index is -1.76. The summed E-state index contributed by atoms with van der Waals surface area (Å²) in [6.07, 6.45) is 15.6. The second-order valence-corrected chi connectivity index (χ2v) is 16.4. The Kier molecular flexibility index (Phi) is 26.5. The van der Waals surface area contributed by atoms with Crippen molar-refractivity contribution in [2.45, 2.75) is 204 Å². The van der Waals surface area contributed by atoms with E-state index < -0.39 is 54.6 Å². The SMILES string of the molecule is CCCCCCCCCCCCC(=O)OC[C@H](CSC[C@@H](N)C(=O)Nc1cn(C2[C@H](O)[C@H](O)[C@@H](O)[C@H](O)[C@H]2O)nn1)OC(=O)CCCCCCCCCCCC. The highest BCUT2D eigenvalue weighted by Crippen LogP contribution is 2.30. The molecule has 1 aliphatic carbocycles. The molecule has 1 aromatic heterocycles. The molecule has 8 N–H and O–H groups in total. The van der Waals surface area contributed by atoms with Crippen molar-refractivity contribution in [3.8, 4) is 0 Å². The highest BCUT2D eigenvalue weighted by Gasteiger charge is 2.49. The molecule has 0 aliphatic heterocycles. The number of aliphatic hydroxyl groups excluding tert-OH is 5. The van der Waals surface area contributed by atoms with Crippen LogP contribution >= 0.6 is 11.8 Å². The molecule has 0 radical (unpaired) electrons. The molecule has 0 bridgehead atoms. The summed E-state index contributed by atoms with van der Waals surface area (Å²) >= 11 is 1.27. The number of anilines is 1. The third-order valence-corrected chi connectivity index (χ3v) is 11.5. The lowest BCUT2D eigenvalue weighted by molar-refractivity contribution is -0.200. The monoisotopic (exact) mass is 816 g/mol. The lowest BCUT2D eigenvalue weighted by Gasteiger charge is -2.41. The van der Waals surface area contributed by atoms with E-state index in [2.05, 4.69) is 29.5 Å². The number of aliphatic hydroxyl groups is 5. The zero-order chi connectivity index (χ0) is 41.1. The number of ether oxygens (including phenoxy) is 2. The third kappa shape index (κ3) is 19.9. The fourth-order valence-electron chi connectivity index (χ4n) is 6.76. The zero-order valence-corrected chi connectivity index (χ0v) is 34.8. The van der Waals surface area contributed by atoms with E-state index in [4.69, 9.17) is 15.2 Å². The van der Waals surface area contributed by atoms with Crippen molar-refractivity contribution in [1.82, 2.24) is 15.0 Å². The van der Waals surface area contributed by atoms with Crippen LogP contribution in [-0.2, 0) is 23.9 Å². The number of nitrogens with zero attached hydrogens (tertiary/aromatic N) is 3. The number of unbranched alkanes of at least 4 members (excludes halogenated alkanes) is 18. The summed E-state index contributed by atoms with van der Waals surface area (Å²) in [5, 5.41) is 60.7. The van der Waals surface area contributed by atoms with E-state index in [9.17, 15) is 39.9 Å².